The molecular weight excluding hydrogens is 312 g/mol. The van der Waals surface area contributed by atoms with Gasteiger partial charge < -0.3 is 24.4 Å². The van der Waals surface area contributed by atoms with Gasteiger partial charge in [0.2, 0.25) is 0 Å². The van der Waals surface area contributed by atoms with E-state index in [0.29, 0.717) is 25.6 Å². The summed E-state index contributed by atoms with van der Waals surface area (Å²) in [6.07, 6.45) is 5.09. The monoisotopic (exact) mass is 340 g/mol. The largest absolute Gasteiger partial charge is 0.459 e. The van der Waals surface area contributed by atoms with E-state index < -0.39 is 11.2 Å². The molecule has 2 atom stereocenters. The summed E-state index contributed by atoms with van der Waals surface area (Å²) in [5, 5.41) is 19.1. The van der Waals surface area contributed by atoms with E-state index in [9.17, 15) is 15.0 Å². The minimum absolute atomic E-state index is 0.115. The van der Waals surface area contributed by atoms with Gasteiger partial charge in [0, 0.05) is 18.3 Å². The lowest BCUT2D eigenvalue weighted by atomic mass is 9.51. The molecule has 2 unspecified atom stereocenters. The lowest BCUT2D eigenvalue weighted by molar-refractivity contribution is -0.396. The zero-order valence-corrected chi connectivity index (χ0v) is 14.3. The Balaban J connectivity index is 1.54. The molecular formula is C18H28O6. The molecule has 0 aromatic carbocycles. The van der Waals surface area contributed by atoms with Gasteiger partial charge in [-0.2, -0.15) is 0 Å². The third kappa shape index (κ3) is 2.34. The maximum Gasteiger partial charge on any atom is 0.306 e. The summed E-state index contributed by atoms with van der Waals surface area (Å²) < 4.78 is 18.4. The van der Waals surface area contributed by atoms with Crippen LogP contribution in [0.4, 0.5) is 0 Å². The van der Waals surface area contributed by atoms with Gasteiger partial charge in [0.05, 0.1) is 31.8 Å². The van der Waals surface area contributed by atoms with Crippen molar-refractivity contribution in [1.29, 1.82) is 0 Å². The van der Waals surface area contributed by atoms with Crippen molar-refractivity contribution >= 4 is 5.97 Å². The van der Waals surface area contributed by atoms with Gasteiger partial charge in [0.1, 0.15) is 5.60 Å². The summed E-state index contributed by atoms with van der Waals surface area (Å²) in [6, 6.07) is 0. The average Bonchev–Trinajstić information content (AvgIpc) is 2.59. The second-order valence-electron chi connectivity index (χ2n) is 8.47. The number of hydrogen-bond donors (Lipinski definition) is 2. The Bertz CT molecular complexity index is 486. The Morgan fingerprint density at radius 2 is 1.67 bits per heavy atom. The van der Waals surface area contributed by atoms with Crippen molar-refractivity contribution in [3.05, 3.63) is 0 Å². The summed E-state index contributed by atoms with van der Waals surface area (Å²) in [5.41, 5.74) is -1.03. The molecule has 1 aliphatic heterocycles. The molecule has 4 aliphatic carbocycles. The molecule has 6 heteroatoms. The second-order valence-corrected chi connectivity index (χ2v) is 8.47. The van der Waals surface area contributed by atoms with Crippen LogP contribution in [0.15, 0.2) is 0 Å². The summed E-state index contributed by atoms with van der Waals surface area (Å²) >= 11 is 0. The van der Waals surface area contributed by atoms with E-state index in [1.54, 1.807) is 0 Å². The molecule has 1 saturated heterocycles. The second kappa shape index (κ2) is 5.66. The van der Waals surface area contributed by atoms with E-state index >= 15 is 0 Å². The van der Waals surface area contributed by atoms with Crippen LogP contribution in [0, 0.1) is 23.2 Å². The molecule has 4 saturated carbocycles. The zero-order valence-electron chi connectivity index (χ0n) is 14.3. The Kier molecular flexibility index (Phi) is 3.95. The summed E-state index contributed by atoms with van der Waals surface area (Å²) in [5.74, 6) is 0.295. The van der Waals surface area contributed by atoms with Gasteiger partial charge in [-0.05, 0) is 38.0 Å². The summed E-state index contributed by atoms with van der Waals surface area (Å²) in [4.78, 5) is 11.9. The average molecular weight is 340 g/mol. The summed E-state index contributed by atoms with van der Waals surface area (Å²) in [6.45, 7) is 2.19. The minimum Gasteiger partial charge on any atom is -0.459 e. The molecule has 1 spiro atoms. The van der Waals surface area contributed by atoms with E-state index in [1.165, 1.54) is 0 Å². The highest BCUT2D eigenvalue weighted by Gasteiger charge is 2.67. The van der Waals surface area contributed by atoms with Crippen LogP contribution in [0.1, 0.15) is 45.4 Å². The molecule has 5 rings (SSSR count). The first-order valence-electron chi connectivity index (χ1n) is 9.20. The van der Waals surface area contributed by atoms with Crippen molar-refractivity contribution in [2.45, 2.75) is 56.8 Å². The zero-order chi connectivity index (χ0) is 17.0. The highest BCUT2D eigenvalue weighted by molar-refractivity contribution is 5.69. The van der Waals surface area contributed by atoms with Gasteiger partial charge >= 0.3 is 5.97 Å². The first-order chi connectivity index (χ1) is 11.5. The predicted octanol–water partition coefficient (Wildman–Crippen LogP) is 1.23. The van der Waals surface area contributed by atoms with Crippen LogP contribution in [-0.2, 0) is 19.0 Å². The van der Waals surface area contributed by atoms with E-state index in [2.05, 4.69) is 0 Å². The van der Waals surface area contributed by atoms with E-state index in [4.69, 9.17) is 14.2 Å². The highest BCUT2D eigenvalue weighted by atomic mass is 16.7. The molecule has 0 radical (unpaired) electrons. The Morgan fingerprint density at radius 3 is 2.17 bits per heavy atom. The van der Waals surface area contributed by atoms with Crippen LogP contribution in [0.3, 0.4) is 0 Å². The number of aliphatic hydroxyl groups excluding tert-OH is 2. The molecule has 0 amide bonds. The third-order valence-corrected chi connectivity index (χ3v) is 6.77. The van der Waals surface area contributed by atoms with Crippen LogP contribution < -0.4 is 0 Å². The Hall–Kier alpha value is -0.690. The number of ether oxygens (including phenoxy) is 3. The van der Waals surface area contributed by atoms with Crippen LogP contribution in [0.5, 0.6) is 0 Å². The van der Waals surface area contributed by atoms with Crippen molar-refractivity contribution < 1.29 is 29.2 Å². The smallest absolute Gasteiger partial charge is 0.306 e. The first kappa shape index (κ1) is 16.8. The number of aliphatic hydroxyl groups is 2. The number of hydrogen-bond acceptors (Lipinski definition) is 6. The molecule has 5 aliphatic rings. The van der Waals surface area contributed by atoms with Crippen molar-refractivity contribution in [2.24, 2.45) is 23.2 Å². The fourth-order valence-electron chi connectivity index (χ4n) is 5.61. The van der Waals surface area contributed by atoms with Crippen LogP contribution in [0.25, 0.3) is 0 Å². The fraction of sp³-hybridized carbons (Fsp3) is 0.944. The number of rotatable bonds is 4. The molecule has 4 bridgehead atoms. The van der Waals surface area contributed by atoms with Gasteiger partial charge in [-0.3, -0.25) is 4.79 Å². The maximum absolute atomic E-state index is 11.9. The normalized spacial score (nSPS) is 41.5. The molecule has 136 valence electrons. The summed E-state index contributed by atoms with van der Waals surface area (Å²) in [7, 11) is 0. The fourth-order valence-corrected chi connectivity index (χ4v) is 5.61. The standard InChI is InChI=1S/C18H28O6/c1-2-15(21)24-17-5-12-3-13(6-17)18(14(4-12)7-17)22-10-16(8-19,9-20)11-23-18/h12-14,19-20H,2-11H2,1H3. The van der Waals surface area contributed by atoms with Crippen molar-refractivity contribution in [1.82, 2.24) is 0 Å². The van der Waals surface area contributed by atoms with Crippen LogP contribution in [0.2, 0.25) is 0 Å². The Labute approximate surface area is 142 Å². The lowest BCUT2D eigenvalue weighted by Gasteiger charge is -2.65. The molecule has 24 heavy (non-hydrogen) atoms. The maximum atomic E-state index is 11.9. The minimum atomic E-state index is -0.702. The van der Waals surface area contributed by atoms with Crippen molar-refractivity contribution in [3.63, 3.8) is 0 Å². The SMILES string of the molecule is CCC(=O)OC12CC3CC(C1)C1(OCC(CO)(CO)CO1)C(C3)C2. The third-order valence-electron chi connectivity index (χ3n) is 6.77. The molecule has 6 nitrogen and oxygen atoms in total. The van der Waals surface area contributed by atoms with Crippen molar-refractivity contribution in [2.75, 3.05) is 26.4 Å². The topological polar surface area (TPSA) is 85.2 Å². The van der Waals surface area contributed by atoms with E-state index in [1.807, 2.05) is 6.92 Å². The van der Waals surface area contributed by atoms with Gasteiger partial charge in [-0.15, -0.1) is 0 Å². The quantitative estimate of drug-likeness (QED) is 0.749. The van der Waals surface area contributed by atoms with Crippen LogP contribution in [-0.4, -0.2) is 54.0 Å². The van der Waals surface area contributed by atoms with Gasteiger partial charge in [0.15, 0.2) is 5.79 Å². The molecule has 2 N–H and O–H groups in total. The van der Waals surface area contributed by atoms with Gasteiger partial charge in [-0.1, -0.05) is 6.92 Å². The van der Waals surface area contributed by atoms with E-state index in [-0.39, 0.29) is 36.6 Å². The predicted molar refractivity (Wildman–Crippen MR) is 83.9 cm³/mol. The van der Waals surface area contributed by atoms with Crippen molar-refractivity contribution in [3.8, 4) is 0 Å². The number of esters is 1. The Morgan fingerprint density at radius 1 is 1.08 bits per heavy atom. The molecule has 0 aromatic heterocycles. The number of carbonyl (C=O) groups is 1. The van der Waals surface area contributed by atoms with Gasteiger partial charge in [0.25, 0.3) is 0 Å². The van der Waals surface area contributed by atoms with Crippen LogP contribution >= 0.6 is 0 Å². The van der Waals surface area contributed by atoms with E-state index in [0.717, 1.165) is 32.1 Å². The lowest BCUT2D eigenvalue weighted by Crippen LogP contribution is -2.69. The number of carbonyl (C=O) groups excluding carboxylic acids is 1. The van der Waals surface area contributed by atoms with Gasteiger partial charge in [-0.25, -0.2) is 0 Å². The highest BCUT2D eigenvalue weighted by Crippen LogP contribution is 2.63. The molecule has 1 heterocycles. The molecule has 0 aromatic rings. The first-order valence-corrected chi connectivity index (χ1v) is 9.20. The molecule has 5 fully saturated rings.